The number of carbonyl (C=O) groups excluding carboxylic acids is 1. The van der Waals surface area contributed by atoms with Crippen molar-refractivity contribution < 1.29 is 4.79 Å². The molecule has 1 N–H and O–H groups in total. The lowest BCUT2D eigenvalue weighted by molar-refractivity contribution is 0.0925. The first-order valence-electron chi connectivity index (χ1n) is 8.93. The van der Waals surface area contributed by atoms with E-state index in [0.717, 1.165) is 18.7 Å². The number of nitrogens with zero attached hydrogens (tertiary/aromatic N) is 6. The van der Waals surface area contributed by atoms with Crippen molar-refractivity contribution >= 4 is 11.6 Å². The molecule has 0 bridgehead atoms. The van der Waals surface area contributed by atoms with Gasteiger partial charge in [0.2, 0.25) is 0 Å². The highest BCUT2D eigenvalue weighted by molar-refractivity contribution is 5.93. The highest BCUT2D eigenvalue weighted by Crippen LogP contribution is 2.13. The quantitative estimate of drug-likeness (QED) is 0.740. The van der Waals surface area contributed by atoms with Crippen LogP contribution in [-0.4, -0.2) is 40.9 Å². The Morgan fingerprint density at radius 3 is 3.12 bits per heavy atom. The van der Waals surface area contributed by atoms with Crippen LogP contribution < -0.4 is 11.0 Å². The molecule has 4 rings (SSSR count). The molecule has 3 aromatic rings. The van der Waals surface area contributed by atoms with Gasteiger partial charge in [0.15, 0.2) is 5.65 Å². The Labute approximate surface area is 149 Å². The van der Waals surface area contributed by atoms with E-state index in [-0.39, 0.29) is 17.6 Å². The van der Waals surface area contributed by atoms with E-state index < -0.39 is 0 Å². The highest BCUT2D eigenvalue weighted by atomic mass is 16.2. The number of carbonyl (C=O) groups is 1. The number of amides is 1. The van der Waals surface area contributed by atoms with Gasteiger partial charge in [0.05, 0.1) is 6.20 Å². The van der Waals surface area contributed by atoms with E-state index in [4.69, 9.17) is 0 Å². The fraction of sp³-hybridized carbons (Fsp3) is 0.471. The molecule has 136 valence electrons. The van der Waals surface area contributed by atoms with E-state index in [9.17, 15) is 9.59 Å². The molecule has 0 spiro atoms. The smallest absolute Gasteiger partial charge is 0.345 e. The van der Waals surface area contributed by atoms with E-state index in [2.05, 4.69) is 20.5 Å². The molecule has 3 aromatic heterocycles. The molecule has 0 saturated heterocycles. The largest absolute Gasteiger partial charge is 0.348 e. The molecule has 9 nitrogen and oxygen atoms in total. The van der Waals surface area contributed by atoms with Gasteiger partial charge in [-0.2, -0.15) is 10.2 Å². The second-order valence-corrected chi connectivity index (χ2v) is 6.51. The zero-order valence-corrected chi connectivity index (χ0v) is 14.6. The summed E-state index contributed by atoms with van der Waals surface area (Å²) in [7, 11) is 0. The molecule has 1 aliphatic heterocycles. The van der Waals surface area contributed by atoms with Crippen LogP contribution in [0.3, 0.4) is 0 Å². The van der Waals surface area contributed by atoms with Gasteiger partial charge in [-0.05, 0) is 31.4 Å². The van der Waals surface area contributed by atoms with Crippen LogP contribution in [0.25, 0.3) is 5.65 Å². The summed E-state index contributed by atoms with van der Waals surface area (Å²) >= 11 is 0. The number of nitrogens with one attached hydrogen (secondary N) is 1. The molecule has 0 fully saturated rings. The maximum absolute atomic E-state index is 12.6. The second kappa shape index (κ2) is 6.74. The van der Waals surface area contributed by atoms with Crippen molar-refractivity contribution in [3.8, 4) is 0 Å². The van der Waals surface area contributed by atoms with Gasteiger partial charge in [-0.1, -0.05) is 6.92 Å². The van der Waals surface area contributed by atoms with Crippen molar-refractivity contribution in [3.63, 3.8) is 0 Å². The number of aryl methyl sites for hydroxylation is 2. The number of rotatable bonds is 4. The SMILES string of the molecule is CCCn1nc2n(c1=O)CCC(NC(=O)c1cnc3cccnn13)CC2. The first kappa shape index (κ1) is 16.5. The number of fused-ring (bicyclic) bond motifs is 2. The van der Waals surface area contributed by atoms with Crippen LogP contribution in [0.15, 0.2) is 29.3 Å². The summed E-state index contributed by atoms with van der Waals surface area (Å²) in [6, 6.07) is 3.56. The lowest BCUT2D eigenvalue weighted by Crippen LogP contribution is -2.36. The summed E-state index contributed by atoms with van der Waals surface area (Å²) in [6.45, 7) is 3.23. The molecule has 0 aromatic carbocycles. The van der Waals surface area contributed by atoms with Gasteiger partial charge in [-0.25, -0.2) is 19.0 Å². The standard InChI is InChI=1S/C17H21N7O2/c1-2-9-23-17(26)22-10-7-12(5-6-15(22)21-23)20-16(25)13-11-18-14-4-3-8-19-24(13)14/h3-4,8,11-12H,2,5-7,9-10H2,1H3,(H,20,25). The number of aromatic nitrogens is 6. The van der Waals surface area contributed by atoms with Crippen molar-refractivity contribution in [3.05, 3.63) is 46.5 Å². The second-order valence-electron chi connectivity index (χ2n) is 6.51. The summed E-state index contributed by atoms with van der Waals surface area (Å²) in [5, 5.41) is 11.7. The van der Waals surface area contributed by atoms with Crippen molar-refractivity contribution in [1.82, 2.24) is 34.3 Å². The van der Waals surface area contributed by atoms with Gasteiger partial charge in [-0.3, -0.25) is 9.36 Å². The zero-order valence-electron chi connectivity index (χ0n) is 14.6. The Kier molecular flexibility index (Phi) is 4.27. The molecule has 1 atom stereocenters. The van der Waals surface area contributed by atoms with E-state index in [0.29, 0.717) is 37.3 Å². The van der Waals surface area contributed by atoms with Crippen LogP contribution in [0.4, 0.5) is 0 Å². The topological polar surface area (TPSA) is 99.1 Å². The predicted octanol–water partition coefficient (Wildman–Crippen LogP) is 0.632. The molecular weight excluding hydrogens is 334 g/mol. The van der Waals surface area contributed by atoms with E-state index >= 15 is 0 Å². The van der Waals surface area contributed by atoms with Crippen LogP contribution in [0, 0.1) is 0 Å². The number of hydrogen-bond donors (Lipinski definition) is 1. The summed E-state index contributed by atoms with van der Waals surface area (Å²) < 4.78 is 4.80. The van der Waals surface area contributed by atoms with Gasteiger partial charge >= 0.3 is 5.69 Å². The predicted molar refractivity (Wildman–Crippen MR) is 94.0 cm³/mol. The lowest BCUT2D eigenvalue weighted by atomic mass is 10.1. The fourth-order valence-corrected chi connectivity index (χ4v) is 3.37. The molecular formula is C17H21N7O2. The Bertz CT molecular complexity index is 1000. The molecule has 0 radical (unpaired) electrons. The first-order chi connectivity index (χ1) is 12.7. The molecule has 1 amide bonds. The summed E-state index contributed by atoms with van der Waals surface area (Å²) in [6.07, 6.45) is 6.14. The fourth-order valence-electron chi connectivity index (χ4n) is 3.37. The van der Waals surface area contributed by atoms with Crippen LogP contribution in [0.2, 0.25) is 0 Å². The molecule has 0 saturated carbocycles. The van der Waals surface area contributed by atoms with Gasteiger partial charge in [0.1, 0.15) is 11.5 Å². The van der Waals surface area contributed by atoms with Gasteiger partial charge in [-0.15, -0.1) is 0 Å². The van der Waals surface area contributed by atoms with Crippen molar-refractivity contribution in [1.29, 1.82) is 0 Å². The number of imidazole rings is 1. The maximum Gasteiger partial charge on any atom is 0.345 e. The summed E-state index contributed by atoms with van der Waals surface area (Å²) in [5.74, 6) is 0.598. The van der Waals surface area contributed by atoms with Gasteiger partial charge in [0, 0.05) is 31.7 Å². The van der Waals surface area contributed by atoms with E-state index in [1.54, 1.807) is 27.6 Å². The Morgan fingerprint density at radius 1 is 1.38 bits per heavy atom. The first-order valence-corrected chi connectivity index (χ1v) is 8.93. The van der Waals surface area contributed by atoms with E-state index in [1.165, 1.54) is 10.7 Å². The molecule has 26 heavy (non-hydrogen) atoms. The van der Waals surface area contributed by atoms with Crippen molar-refractivity contribution in [2.45, 2.75) is 51.7 Å². The summed E-state index contributed by atoms with van der Waals surface area (Å²) in [5.41, 5.74) is 0.989. The normalized spacial score (nSPS) is 17.0. The maximum atomic E-state index is 12.6. The minimum Gasteiger partial charge on any atom is -0.348 e. The number of hydrogen-bond acceptors (Lipinski definition) is 5. The monoisotopic (exact) mass is 355 g/mol. The van der Waals surface area contributed by atoms with Crippen LogP contribution in [0.1, 0.15) is 42.5 Å². The summed E-state index contributed by atoms with van der Waals surface area (Å²) in [4.78, 5) is 29.2. The lowest BCUT2D eigenvalue weighted by Gasteiger charge is -2.15. The van der Waals surface area contributed by atoms with Crippen LogP contribution in [-0.2, 0) is 19.5 Å². The van der Waals surface area contributed by atoms with Gasteiger partial charge in [0.25, 0.3) is 5.91 Å². The Hall–Kier alpha value is -2.97. The van der Waals surface area contributed by atoms with Gasteiger partial charge < -0.3 is 5.32 Å². The molecule has 0 aliphatic carbocycles. The average molecular weight is 355 g/mol. The van der Waals surface area contributed by atoms with E-state index in [1.807, 2.05) is 6.92 Å². The minimum atomic E-state index is -0.205. The Morgan fingerprint density at radius 2 is 2.27 bits per heavy atom. The van der Waals surface area contributed by atoms with Crippen molar-refractivity contribution in [2.24, 2.45) is 0 Å². The third-order valence-electron chi connectivity index (χ3n) is 4.70. The average Bonchev–Trinajstić information content (AvgIpc) is 3.13. The molecule has 4 heterocycles. The molecule has 1 unspecified atom stereocenters. The van der Waals surface area contributed by atoms with Crippen molar-refractivity contribution in [2.75, 3.05) is 0 Å². The third kappa shape index (κ3) is 2.89. The Balaban J connectivity index is 1.47. The third-order valence-corrected chi connectivity index (χ3v) is 4.70. The highest BCUT2D eigenvalue weighted by Gasteiger charge is 2.23. The molecule has 9 heteroatoms. The molecule has 1 aliphatic rings. The minimum absolute atomic E-state index is 0.0162. The van der Waals surface area contributed by atoms with Crippen LogP contribution in [0.5, 0.6) is 0 Å². The van der Waals surface area contributed by atoms with Crippen LogP contribution >= 0.6 is 0 Å². The zero-order chi connectivity index (χ0) is 18.1.